The van der Waals surface area contributed by atoms with Crippen molar-refractivity contribution in [2.24, 2.45) is 0 Å². The van der Waals surface area contributed by atoms with Crippen LogP contribution in [-0.4, -0.2) is 12.3 Å². The van der Waals surface area contributed by atoms with Gasteiger partial charge >= 0.3 is 6.36 Å². The van der Waals surface area contributed by atoms with Crippen molar-refractivity contribution < 1.29 is 22.7 Å². The van der Waals surface area contributed by atoms with Gasteiger partial charge in [-0.1, -0.05) is 35.9 Å². The van der Waals surface area contributed by atoms with Crippen molar-refractivity contribution in [1.82, 2.24) is 0 Å². The number of benzene rings is 2. The van der Waals surface area contributed by atoms with E-state index in [-0.39, 0.29) is 18.1 Å². The van der Waals surface area contributed by atoms with E-state index >= 15 is 0 Å². The monoisotopic (exact) mass is 341 g/mol. The molecule has 1 aliphatic heterocycles. The molecule has 0 spiro atoms. The number of hydrogen-bond acceptors (Lipinski definition) is 2. The highest BCUT2D eigenvalue weighted by Crippen LogP contribution is 2.38. The lowest BCUT2D eigenvalue weighted by Crippen LogP contribution is -2.19. The zero-order valence-corrected chi connectivity index (χ0v) is 12.4. The second kappa shape index (κ2) is 5.77. The van der Waals surface area contributed by atoms with Crippen molar-refractivity contribution >= 4 is 23.2 Å². The van der Waals surface area contributed by atoms with Crippen LogP contribution in [0.3, 0.4) is 0 Å². The maximum absolute atomic E-state index is 12.5. The number of fused-ring (bicyclic) bond motifs is 1. The van der Waals surface area contributed by atoms with Crippen LogP contribution < -0.4 is 10.1 Å². The first-order valence-corrected chi connectivity index (χ1v) is 7.15. The first-order chi connectivity index (χ1) is 10.8. The first kappa shape index (κ1) is 15.7. The number of ether oxygens (including phenoxy) is 1. The number of alkyl halides is 3. The molecule has 0 unspecified atom stereocenters. The molecular weight excluding hydrogens is 331 g/mol. The predicted octanol–water partition coefficient (Wildman–Crippen LogP) is 4.52. The Labute approximate surface area is 135 Å². The summed E-state index contributed by atoms with van der Waals surface area (Å²) in [7, 11) is 0. The molecule has 3 rings (SSSR count). The summed E-state index contributed by atoms with van der Waals surface area (Å²) in [5, 5.41) is 3.17. The van der Waals surface area contributed by atoms with Crippen LogP contribution >= 0.6 is 11.6 Å². The number of hydrogen-bond donors (Lipinski definition) is 1. The fraction of sp³-hybridized carbons (Fsp3) is 0.188. The molecule has 0 saturated carbocycles. The van der Waals surface area contributed by atoms with Crippen molar-refractivity contribution in [2.75, 3.05) is 5.32 Å². The quantitative estimate of drug-likeness (QED) is 0.891. The number of para-hydroxylation sites is 1. The highest BCUT2D eigenvalue weighted by Gasteiger charge is 2.34. The van der Waals surface area contributed by atoms with Crippen LogP contribution in [0.2, 0.25) is 5.02 Å². The summed E-state index contributed by atoms with van der Waals surface area (Å²) in [6.07, 6.45) is -4.67. The van der Waals surface area contributed by atoms with E-state index in [0.717, 1.165) is 0 Å². The van der Waals surface area contributed by atoms with E-state index in [1.807, 2.05) is 0 Å². The molecule has 23 heavy (non-hydrogen) atoms. The Morgan fingerprint density at radius 2 is 1.91 bits per heavy atom. The summed E-state index contributed by atoms with van der Waals surface area (Å²) in [5.74, 6) is -1.15. The van der Waals surface area contributed by atoms with E-state index in [1.54, 1.807) is 24.3 Å². The minimum atomic E-state index is -4.78. The van der Waals surface area contributed by atoms with Crippen molar-refractivity contribution in [3.63, 3.8) is 0 Å². The number of rotatable bonds is 3. The molecule has 2 aromatic rings. The number of anilines is 1. The van der Waals surface area contributed by atoms with E-state index in [4.69, 9.17) is 11.6 Å². The Morgan fingerprint density at radius 3 is 2.65 bits per heavy atom. The van der Waals surface area contributed by atoms with Gasteiger partial charge in [0.15, 0.2) is 0 Å². The minimum absolute atomic E-state index is 0.104. The maximum Gasteiger partial charge on any atom is 0.573 e. The van der Waals surface area contributed by atoms with Crippen molar-refractivity contribution in [3.8, 4) is 5.75 Å². The zero-order valence-electron chi connectivity index (χ0n) is 11.7. The van der Waals surface area contributed by atoms with Crippen molar-refractivity contribution in [1.29, 1.82) is 0 Å². The highest BCUT2D eigenvalue weighted by molar-refractivity contribution is 6.31. The lowest BCUT2D eigenvalue weighted by atomic mass is 9.93. The molecule has 0 bridgehead atoms. The topological polar surface area (TPSA) is 38.3 Å². The molecule has 0 aliphatic carbocycles. The van der Waals surface area contributed by atoms with Gasteiger partial charge in [0.05, 0.1) is 5.92 Å². The number of carbonyl (C=O) groups excluding carboxylic acids is 1. The SMILES string of the molecule is O=C1Nc2cc(Cl)ccc2[C@H]1Cc1ccccc1OC(F)(F)F. The zero-order chi connectivity index (χ0) is 16.6. The molecule has 0 fully saturated rings. The predicted molar refractivity (Wildman–Crippen MR) is 79.7 cm³/mol. The van der Waals surface area contributed by atoms with Gasteiger partial charge in [-0.15, -0.1) is 13.2 Å². The van der Waals surface area contributed by atoms with Crippen LogP contribution in [0.15, 0.2) is 42.5 Å². The molecule has 1 N–H and O–H groups in total. The lowest BCUT2D eigenvalue weighted by molar-refractivity contribution is -0.274. The molecule has 1 aliphatic rings. The Morgan fingerprint density at radius 1 is 1.17 bits per heavy atom. The second-order valence-corrected chi connectivity index (χ2v) is 5.57. The molecule has 1 amide bonds. The maximum atomic E-state index is 12.5. The molecule has 0 saturated heterocycles. The number of nitrogens with one attached hydrogen (secondary N) is 1. The van der Waals surface area contributed by atoms with Crippen LogP contribution in [0.1, 0.15) is 17.0 Å². The summed E-state index contributed by atoms with van der Waals surface area (Å²) in [6.45, 7) is 0. The van der Waals surface area contributed by atoms with Crippen LogP contribution in [0.25, 0.3) is 0 Å². The summed E-state index contributed by atoms with van der Waals surface area (Å²) < 4.78 is 41.5. The third kappa shape index (κ3) is 3.42. The van der Waals surface area contributed by atoms with E-state index in [9.17, 15) is 18.0 Å². The smallest absolute Gasteiger partial charge is 0.406 e. The Bertz CT molecular complexity index is 761. The van der Waals surface area contributed by atoms with Gasteiger partial charge in [0, 0.05) is 10.7 Å². The van der Waals surface area contributed by atoms with E-state index in [0.29, 0.717) is 21.8 Å². The molecular formula is C16H11ClF3NO2. The Hall–Kier alpha value is -2.21. The van der Waals surface area contributed by atoms with Crippen molar-refractivity contribution in [3.05, 3.63) is 58.6 Å². The van der Waals surface area contributed by atoms with E-state index in [1.165, 1.54) is 18.2 Å². The summed E-state index contributed by atoms with van der Waals surface area (Å²) in [4.78, 5) is 12.1. The lowest BCUT2D eigenvalue weighted by Gasteiger charge is -2.15. The average Bonchev–Trinajstić information content (AvgIpc) is 2.74. The van der Waals surface area contributed by atoms with Gasteiger partial charge in [-0.2, -0.15) is 0 Å². The Balaban J connectivity index is 1.90. The van der Waals surface area contributed by atoms with Crippen LogP contribution in [0.5, 0.6) is 5.75 Å². The number of carbonyl (C=O) groups is 1. The van der Waals surface area contributed by atoms with Gasteiger partial charge in [-0.25, -0.2) is 0 Å². The van der Waals surface area contributed by atoms with Gasteiger partial charge in [-0.05, 0) is 35.7 Å². The molecule has 3 nitrogen and oxygen atoms in total. The summed E-state index contributed by atoms with van der Waals surface area (Å²) in [6, 6.07) is 10.8. The molecule has 120 valence electrons. The third-order valence-electron chi connectivity index (χ3n) is 3.59. The van der Waals surface area contributed by atoms with Crippen LogP contribution in [0, 0.1) is 0 Å². The first-order valence-electron chi connectivity index (χ1n) is 6.77. The van der Waals surface area contributed by atoms with Crippen LogP contribution in [0.4, 0.5) is 18.9 Å². The van der Waals surface area contributed by atoms with Gasteiger partial charge in [0.1, 0.15) is 5.75 Å². The van der Waals surface area contributed by atoms with Crippen molar-refractivity contribution in [2.45, 2.75) is 18.7 Å². The molecule has 0 aromatic heterocycles. The molecule has 1 atom stereocenters. The fourth-order valence-electron chi connectivity index (χ4n) is 2.62. The second-order valence-electron chi connectivity index (χ2n) is 5.13. The molecule has 1 heterocycles. The standard InChI is InChI=1S/C16H11ClF3NO2/c17-10-5-6-11-12(15(22)21-13(11)8-10)7-9-3-1-2-4-14(9)23-16(18,19)20/h1-6,8,12H,7H2,(H,21,22)/t12-/m1/s1. The summed E-state index contributed by atoms with van der Waals surface area (Å²) >= 11 is 5.88. The molecule has 7 heteroatoms. The van der Waals surface area contributed by atoms with Gasteiger partial charge < -0.3 is 10.1 Å². The van der Waals surface area contributed by atoms with Gasteiger partial charge in [-0.3, -0.25) is 4.79 Å². The molecule has 2 aromatic carbocycles. The summed E-state index contributed by atoms with van der Waals surface area (Å²) in [5.41, 5.74) is 1.61. The minimum Gasteiger partial charge on any atom is -0.406 e. The average molecular weight is 342 g/mol. The normalized spacial score (nSPS) is 16.9. The largest absolute Gasteiger partial charge is 0.573 e. The van der Waals surface area contributed by atoms with E-state index in [2.05, 4.69) is 10.1 Å². The Kier molecular flexibility index (Phi) is 3.93. The number of halogens is 4. The van der Waals surface area contributed by atoms with Gasteiger partial charge in [0.25, 0.3) is 0 Å². The highest BCUT2D eigenvalue weighted by atomic mass is 35.5. The fourth-order valence-corrected chi connectivity index (χ4v) is 2.79. The van der Waals surface area contributed by atoms with Crippen LogP contribution in [-0.2, 0) is 11.2 Å². The number of amides is 1. The van der Waals surface area contributed by atoms with E-state index < -0.39 is 12.3 Å². The molecule has 0 radical (unpaired) electrons. The third-order valence-corrected chi connectivity index (χ3v) is 3.82. The van der Waals surface area contributed by atoms with Gasteiger partial charge in [0.2, 0.25) is 5.91 Å².